The molecule has 3 N–H and O–H groups in total. The molecule has 0 aliphatic heterocycles. The van der Waals surface area contributed by atoms with Crippen molar-refractivity contribution in [3.63, 3.8) is 0 Å². The van der Waals surface area contributed by atoms with Gasteiger partial charge >= 0.3 is 0 Å². The number of H-pyrrole nitrogens is 1. The van der Waals surface area contributed by atoms with Gasteiger partial charge in [0, 0.05) is 36.3 Å². The molecule has 2 amide bonds. The molecule has 0 radical (unpaired) electrons. The summed E-state index contributed by atoms with van der Waals surface area (Å²) in [5, 5.41) is 10.00. The second-order valence-electron chi connectivity index (χ2n) is 7.44. The van der Waals surface area contributed by atoms with E-state index in [2.05, 4.69) is 32.8 Å². The SMILES string of the molecule is O=C(NCc1ccnn1CCc1ccccc1)c1ccc(NC(=O)c2ccc(=O)[nH]c2)cc1. The predicted octanol–water partition coefficient (Wildman–Crippen LogP) is 3.00. The van der Waals surface area contributed by atoms with Crippen LogP contribution >= 0.6 is 0 Å². The molecule has 2 aromatic carbocycles. The molecule has 2 heterocycles. The number of rotatable bonds is 8. The maximum absolute atomic E-state index is 12.6. The summed E-state index contributed by atoms with van der Waals surface area (Å²) >= 11 is 0. The van der Waals surface area contributed by atoms with Crippen LogP contribution in [0.5, 0.6) is 0 Å². The molecule has 8 heteroatoms. The first-order valence-corrected chi connectivity index (χ1v) is 10.5. The minimum absolute atomic E-state index is 0.218. The maximum Gasteiger partial charge on any atom is 0.257 e. The summed E-state index contributed by atoms with van der Waals surface area (Å²) in [6, 6.07) is 21.4. The lowest BCUT2D eigenvalue weighted by atomic mass is 10.1. The van der Waals surface area contributed by atoms with Crippen LogP contribution in [0.3, 0.4) is 0 Å². The number of carbonyl (C=O) groups is 2. The van der Waals surface area contributed by atoms with Gasteiger partial charge < -0.3 is 15.6 Å². The van der Waals surface area contributed by atoms with E-state index in [-0.39, 0.29) is 17.4 Å². The molecule has 0 atom stereocenters. The van der Waals surface area contributed by atoms with Crippen molar-refractivity contribution >= 4 is 17.5 Å². The largest absolute Gasteiger partial charge is 0.346 e. The number of carbonyl (C=O) groups excluding carboxylic acids is 2. The lowest BCUT2D eigenvalue weighted by molar-refractivity contribution is 0.0949. The van der Waals surface area contributed by atoms with E-state index >= 15 is 0 Å². The monoisotopic (exact) mass is 441 g/mol. The molecule has 0 bridgehead atoms. The Morgan fingerprint density at radius 3 is 2.36 bits per heavy atom. The second-order valence-corrected chi connectivity index (χ2v) is 7.44. The van der Waals surface area contributed by atoms with Gasteiger partial charge in [-0.25, -0.2) is 0 Å². The Kier molecular flexibility index (Phi) is 6.75. The van der Waals surface area contributed by atoms with Crippen LogP contribution in [-0.2, 0) is 19.5 Å². The Morgan fingerprint density at radius 1 is 0.879 bits per heavy atom. The molecule has 0 saturated carbocycles. The normalized spacial score (nSPS) is 10.5. The lowest BCUT2D eigenvalue weighted by Gasteiger charge is -2.10. The molecule has 0 aliphatic rings. The van der Waals surface area contributed by atoms with Crippen LogP contribution in [0.2, 0.25) is 0 Å². The molecule has 166 valence electrons. The first-order chi connectivity index (χ1) is 16.1. The maximum atomic E-state index is 12.6. The number of hydrogen-bond acceptors (Lipinski definition) is 4. The number of aromatic nitrogens is 3. The summed E-state index contributed by atoms with van der Waals surface area (Å²) in [7, 11) is 0. The highest BCUT2D eigenvalue weighted by Crippen LogP contribution is 2.12. The van der Waals surface area contributed by atoms with E-state index in [4.69, 9.17) is 0 Å². The first-order valence-electron chi connectivity index (χ1n) is 10.5. The van der Waals surface area contributed by atoms with Crippen molar-refractivity contribution < 1.29 is 9.59 Å². The minimum atomic E-state index is -0.354. The van der Waals surface area contributed by atoms with E-state index in [1.165, 1.54) is 23.9 Å². The molecule has 0 spiro atoms. The quantitative estimate of drug-likeness (QED) is 0.391. The van der Waals surface area contributed by atoms with Crippen LogP contribution in [0.15, 0.2) is 90.0 Å². The fourth-order valence-corrected chi connectivity index (χ4v) is 3.32. The third kappa shape index (κ3) is 5.82. The molecule has 2 aromatic heterocycles. The van der Waals surface area contributed by atoms with Gasteiger partial charge in [-0.3, -0.25) is 19.1 Å². The van der Waals surface area contributed by atoms with Crippen molar-refractivity contribution in [2.24, 2.45) is 0 Å². The Bertz CT molecular complexity index is 1270. The van der Waals surface area contributed by atoms with Gasteiger partial charge in [0.05, 0.1) is 17.8 Å². The fraction of sp³-hybridized carbons (Fsp3) is 0.120. The van der Waals surface area contributed by atoms with Crippen LogP contribution in [0.1, 0.15) is 32.0 Å². The lowest BCUT2D eigenvalue weighted by Crippen LogP contribution is -2.24. The van der Waals surface area contributed by atoms with Crippen molar-refractivity contribution in [3.8, 4) is 0 Å². The zero-order chi connectivity index (χ0) is 23.0. The molecule has 8 nitrogen and oxygen atoms in total. The number of aryl methyl sites for hydroxylation is 2. The van der Waals surface area contributed by atoms with Crippen LogP contribution < -0.4 is 16.2 Å². The standard InChI is InChI=1S/C25H23N5O3/c31-23-11-8-20(16-26-23)25(33)29-21-9-6-19(7-10-21)24(32)27-17-22-12-14-28-30(22)15-13-18-4-2-1-3-5-18/h1-12,14,16H,13,15,17H2,(H,26,31)(H,27,32)(H,29,33). The van der Waals surface area contributed by atoms with Crippen molar-refractivity contribution in [1.29, 1.82) is 0 Å². The zero-order valence-corrected chi connectivity index (χ0v) is 17.8. The Balaban J connectivity index is 1.30. The summed E-state index contributed by atoms with van der Waals surface area (Å²) < 4.78 is 1.89. The molecule has 4 rings (SSSR count). The van der Waals surface area contributed by atoms with E-state index in [9.17, 15) is 14.4 Å². The van der Waals surface area contributed by atoms with E-state index in [1.54, 1.807) is 30.5 Å². The van der Waals surface area contributed by atoms with Gasteiger partial charge in [-0.1, -0.05) is 30.3 Å². The van der Waals surface area contributed by atoms with Gasteiger partial charge in [0.1, 0.15) is 0 Å². The number of anilines is 1. The third-order valence-electron chi connectivity index (χ3n) is 5.14. The van der Waals surface area contributed by atoms with E-state index < -0.39 is 0 Å². The summed E-state index contributed by atoms with van der Waals surface area (Å²) in [5.41, 5.74) is 3.23. The van der Waals surface area contributed by atoms with Gasteiger partial charge in [-0.05, 0) is 48.4 Å². The second kappa shape index (κ2) is 10.2. The third-order valence-corrected chi connectivity index (χ3v) is 5.14. The van der Waals surface area contributed by atoms with Crippen molar-refractivity contribution in [2.45, 2.75) is 19.5 Å². The highest BCUT2D eigenvalue weighted by atomic mass is 16.2. The molecule has 33 heavy (non-hydrogen) atoms. The highest BCUT2D eigenvalue weighted by Gasteiger charge is 2.10. The van der Waals surface area contributed by atoms with Crippen molar-refractivity contribution in [1.82, 2.24) is 20.1 Å². The minimum Gasteiger partial charge on any atom is -0.346 e. The smallest absolute Gasteiger partial charge is 0.257 e. The zero-order valence-electron chi connectivity index (χ0n) is 17.8. The van der Waals surface area contributed by atoms with E-state index in [0.29, 0.717) is 23.4 Å². The van der Waals surface area contributed by atoms with Gasteiger partial charge in [0.2, 0.25) is 5.56 Å². The van der Waals surface area contributed by atoms with Crippen LogP contribution in [0, 0.1) is 0 Å². The van der Waals surface area contributed by atoms with Gasteiger partial charge in [-0.2, -0.15) is 5.10 Å². The fourth-order valence-electron chi connectivity index (χ4n) is 3.32. The van der Waals surface area contributed by atoms with Gasteiger partial charge in [0.25, 0.3) is 11.8 Å². The van der Waals surface area contributed by atoms with E-state index in [1.807, 2.05) is 28.9 Å². The average molecular weight is 441 g/mol. The van der Waals surface area contributed by atoms with Crippen LogP contribution in [0.4, 0.5) is 5.69 Å². The average Bonchev–Trinajstić information content (AvgIpc) is 3.30. The number of nitrogens with one attached hydrogen (secondary N) is 3. The first kappa shape index (κ1) is 21.8. The Morgan fingerprint density at radius 2 is 1.64 bits per heavy atom. The predicted molar refractivity (Wildman–Crippen MR) is 125 cm³/mol. The molecule has 0 unspecified atom stereocenters. The number of nitrogens with zero attached hydrogens (tertiary/aromatic N) is 2. The molecule has 4 aromatic rings. The Hall–Kier alpha value is -4.46. The van der Waals surface area contributed by atoms with Crippen molar-refractivity contribution in [2.75, 3.05) is 5.32 Å². The Labute approximate surface area is 190 Å². The van der Waals surface area contributed by atoms with Gasteiger partial charge in [0.15, 0.2) is 0 Å². The summed E-state index contributed by atoms with van der Waals surface area (Å²) in [6.07, 6.45) is 3.94. The molecule has 0 saturated heterocycles. The summed E-state index contributed by atoms with van der Waals surface area (Å²) in [6.45, 7) is 1.09. The summed E-state index contributed by atoms with van der Waals surface area (Å²) in [4.78, 5) is 38.4. The topological polar surface area (TPSA) is 109 Å². The molecular formula is C25H23N5O3. The number of benzene rings is 2. The molecule has 0 fully saturated rings. The van der Waals surface area contributed by atoms with Crippen LogP contribution in [-0.4, -0.2) is 26.6 Å². The number of aromatic amines is 1. The number of hydrogen-bond donors (Lipinski definition) is 3. The molecular weight excluding hydrogens is 418 g/mol. The number of amides is 2. The highest BCUT2D eigenvalue weighted by molar-refractivity contribution is 6.04. The number of pyridine rings is 1. The van der Waals surface area contributed by atoms with Crippen LogP contribution in [0.25, 0.3) is 0 Å². The van der Waals surface area contributed by atoms with Crippen molar-refractivity contribution in [3.05, 3.63) is 118 Å². The van der Waals surface area contributed by atoms with Gasteiger partial charge in [-0.15, -0.1) is 0 Å². The molecule has 0 aliphatic carbocycles. The van der Waals surface area contributed by atoms with E-state index in [0.717, 1.165) is 18.7 Å². The summed E-state index contributed by atoms with van der Waals surface area (Å²) in [5.74, 6) is -0.573.